The van der Waals surface area contributed by atoms with E-state index in [0.29, 0.717) is 16.7 Å². The molecule has 40 heavy (non-hydrogen) atoms. The maximum absolute atomic E-state index is 12.9. The summed E-state index contributed by atoms with van der Waals surface area (Å²) >= 11 is -2.11. The van der Waals surface area contributed by atoms with Gasteiger partial charge in [0.1, 0.15) is 0 Å². The molecule has 0 saturated carbocycles. The van der Waals surface area contributed by atoms with Gasteiger partial charge in [-0.25, -0.2) is 0 Å². The number of carbonyl (C=O) groups excluding carboxylic acids is 2. The third kappa shape index (κ3) is 7.48. The molecule has 1 N–H and O–H groups in total. The Morgan fingerprint density at radius 1 is 0.975 bits per heavy atom. The van der Waals surface area contributed by atoms with Crippen LogP contribution in [0.5, 0.6) is 0 Å². The summed E-state index contributed by atoms with van der Waals surface area (Å²) in [4.78, 5) is 55.2. The number of nitrogens with zero attached hydrogens (tertiary/aromatic N) is 1. The second kappa shape index (κ2) is 12.2. The second-order valence-electron chi connectivity index (χ2n) is 11.1. The SMILES string of the molecule is Cc1ccc(C(=O)OC[C@H]2O[C@@H](n3cc(/C=[CH]/[Ge]([CH3])([CH3])[CH3])c(=O)[nH]c3=O)C[C@@H]2OC(=O)c2ccc(C)cc2)cc1. The first kappa shape index (κ1) is 29.3. The predicted octanol–water partition coefficient (Wildman–Crippen LogP) is 4.41. The van der Waals surface area contributed by atoms with Crippen LogP contribution in [0.15, 0.2) is 69.2 Å². The van der Waals surface area contributed by atoms with E-state index in [1.807, 2.05) is 43.0 Å². The Bertz CT molecular complexity index is 1520. The molecular weight excluding hydrogens is 573 g/mol. The van der Waals surface area contributed by atoms with Crippen molar-refractivity contribution >= 4 is 31.3 Å². The van der Waals surface area contributed by atoms with E-state index in [1.165, 1.54) is 10.8 Å². The van der Waals surface area contributed by atoms with E-state index in [2.05, 4.69) is 22.3 Å². The van der Waals surface area contributed by atoms with Gasteiger partial charge in [-0.1, -0.05) is 35.4 Å². The number of hydrogen-bond donors (Lipinski definition) is 1. The van der Waals surface area contributed by atoms with Crippen LogP contribution in [0.25, 0.3) is 6.08 Å². The number of esters is 2. The van der Waals surface area contributed by atoms with Crippen molar-refractivity contribution in [1.82, 2.24) is 9.55 Å². The summed E-state index contributed by atoms with van der Waals surface area (Å²) in [5.74, 6) is 5.43. The molecule has 3 aromatic rings. The molecule has 210 valence electrons. The average molecular weight is 607 g/mol. The van der Waals surface area contributed by atoms with Gasteiger partial charge in [0, 0.05) is 0 Å². The first-order valence-corrected chi connectivity index (χ1v) is 20.6. The summed E-state index contributed by atoms with van der Waals surface area (Å²) in [6, 6.07) is 13.9. The number of aromatic amines is 1. The fraction of sp³-hybridized carbons (Fsp3) is 0.333. The van der Waals surface area contributed by atoms with Crippen molar-refractivity contribution in [2.24, 2.45) is 0 Å². The van der Waals surface area contributed by atoms with Crippen LogP contribution in [-0.4, -0.2) is 53.6 Å². The Kier molecular flexibility index (Phi) is 8.95. The van der Waals surface area contributed by atoms with Crippen LogP contribution < -0.4 is 11.2 Å². The van der Waals surface area contributed by atoms with Crippen molar-refractivity contribution in [1.29, 1.82) is 0 Å². The molecule has 1 aromatic heterocycles. The van der Waals surface area contributed by atoms with Gasteiger partial charge in [0.25, 0.3) is 0 Å². The number of hydrogen-bond acceptors (Lipinski definition) is 7. The predicted molar refractivity (Wildman–Crippen MR) is 154 cm³/mol. The molecule has 0 spiro atoms. The number of aryl methyl sites for hydroxylation is 2. The second-order valence-corrected chi connectivity index (χ2v) is 21.7. The number of ether oxygens (including phenoxy) is 3. The zero-order valence-electron chi connectivity index (χ0n) is 23.3. The maximum atomic E-state index is 12.9. The summed E-state index contributed by atoms with van der Waals surface area (Å²) in [6.45, 7) is 3.64. The summed E-state index contributed by atoms with van der Waals surface area (Å²) < 4.78 is 18.7. The zero-order chi connectivity index (χ0) is 29.0. The molecule has 0 unspecified atom stereocenters. The third-order valence-corrected chi connectivity index (χ3v) is 8.91. The van der Waals surface area contributed by atoms with Gasteiger partial charge < -0.3 is 0 Å². The molecule has 0 bridgehead atoms. The number of carbonyl (C=O) groups is 2. The number of H-pyrrole nitrogens is 1. The topological polar surface area (TPSA) is 117 Å². The van der Waals surface area contributed by atoms with E-state index in [1.54, 1.807) is 30.3 Å². The molecule has 1 aliphatic heterocycles. The van der Waals surface area contributed by atoms with E-state index in [0.717, 1.165) is 11.1 Å². The standard InChI is InChI=1S/C30H34GeN2O7/c1-19-6-10-21(11-7-19)28(35)38-18-25-24(40-29(36)22-12-8-20(2)9-13-22)16-26(39-25)33-17-23(14-15-31(3,4)5)27(34)32-30(33)37/h6-15,17,24-26H,16,18H2,1-5H3,(H,32,34,37)/b15-14+/t24-,25+,26+/m0/s1. The van der Waals surface area contributed by atoms with E-state index < -0.39 is 54.9 Å². The van der Waals surface area contributed by atoms with Crippen LogP contribution in [0.4, 0.5) is 0 Å². The molecule has 1 aliphatic rings. The van der Waals surface area contributed by atoms with Crippen LogP contribution in [0, 0.1) is 13.8 Å². The van der Waals surface area contributed by atoms with Gasteiger partial charge in [0.2, 0.25) is 0 Å². The zero-order valence-corrected chi connectivity index (χ0v) is 25.4. The Labute approximate surface area is 235 Å². The number of rotatable bonds is 8. The molecule has 4 rings (SSSR count). The molecule has 10 heteroatoms. The number of nitrogens with one attached hydrogen (secondary N) is 1. The molecule has 9 nitrogen and oxygen atoms in total. The molecule has 1 saturated heterocycles. The number of aromatic nitrogens is 2. The van der Waals surface area contributed by atoms with Gasteiger partial charge in [-0.15, -0.1) is 0 Å². The van der Waals surface area contributed by atoms with Gasteiger partial charge in [0.05, 0.1) is 0 Å². The van der Waals surface area contributed by atoms with Crippen molar-refractivity contribution in [3.05, 3.63) is 108 Å². The summed E-state index contributed by atoms with van der Waals surface area (Å²) in [5.41, 5.74) is 1.94. The molecule has 3 atom stereocenters. The summed E-state index contributed by atoms with van der Waals surface area (Å²) in [7, 11) is 0. The molecule has 2 aromatic carbocycles. The molecule has 0 radical (unpaired) electrons. The molecule has 0 aliphatic carbocycles. The monoisotopic (exact) mass is 608 g/mol. The van der Waals surface area contributed by atoms with E-state index in [9.17, 15) is 19.2 Å². The quantitative estimate of drug-likeness (QED) is 0.298. The number of benzene rings is 2. The smallest absolute Gasteiger partial charge is 0.0585 e. The molecule has 2 heterocycles. The van der Waals surface area contributed by atoms with Gasteiger partial charge in [0.15, 0.2) is 0 Å². The fourth-order valence-corrected chi connectivity index (χ4v) is 5.57. The van der Waals surface area contributed by atoms with Crippen molar-refractivity contribution in [2.75, 3.05) is 6.61 Å². The first-order chi connectivity index (χ1) is 18.9. The Morgan fingerprint density at radius 2 is 1.55 bits per heavy atom. The minimum absolute atomic E-state index is 0.122. The minimum Gasteiger partial charge on any atom is -0.0585 e. The van der Waals surface area contributed by atoms with Crippen LogP contribution in [0.3, 0.4) is 0 Å². The summed E-state index contributed by atoms with van der Waals surface area (Å²) in [5, 5.41) is 0. The summed E-state index contributed by atoms with van der Waals surface area (Å²) in [6.07, 6.45) is 0.807. The minimum atomic E-state index is -2.11. The first-order valence-electron chi connectivity index (χ1n) is 13.1. The van der Waals surface area contributed by atoms with Crippen molar-refractivity contribution in [3.63, 3.8) is 0 Å². The van der Waals surface area contributed by atoms with Crippen molar-refractivity contribution < 1.29 is 23.8 Å². The van der Waals surface area contributed by atoms with Crippen molar-refractivity contribution in [3.8, 4) is 0 Å². The fourth-order valence-electron chi connectivity index (χ4n) is 4.14. The van der Waals surface area contributed by atoms with Gasteiger partial charge >= 0.3 is 174 Å². The van der Waals surface area contributed by atoms with E-state index >= 15 is 0 Å². The van der Waals surface area contributed by atoms with Crippen LogP contribution in [0.2, 0.25) is 17.3 Å². The average Bonchev–Trinajstić information content (AvgIpc) is 3.29. The van der Waals surface area contributed by atoms with Crippen LogP contribution >= 0.6 is 0 Å². The molecule has 0 amide bonds. The van der Waals surface area contributed by atoms with E-state index in [4.69, 9.17) is 14.2 Å². The van der Waals surface area contributed by atoms with Gasteiger partial charge in [-0.2, -0.15) is 0 Å². The van der Waals surface area contributed by atoms with Gasteiger partial charge in [-0.3, -0.25) is 0 Å². The Hall–Kier alpha value is -3.70. The molecular formula is C30H34GeN2O7. The van der Waals surface area contributed by atoms with Crippen LogP contribution in [-0.2, 0) is 14.2 Å². The Morgan fingerprint density at radius 3 is 2.12 bits per heavy atom. The van der Waals surface area contributed by atoms with Gasteiger partial charge in [-0.05, 0) is 26.0 Å². The molecule has 1 fully saturated rings. The van der Waals surface area contributed by atoms with Crippen LogP contribution in [0.1, 0.15) is 50.1 Å². The normalized spacial score (nSPS) is 19.1. The Balaban J connectivity index is 1.58. The van der Waals surface area contributed by atoms with E-state index in [-0.39, 0.29) is 13.0 Å². The third-order valence-electron chi connectivity index (χ3n) is 6.46. The van der Waals surface area contributed by atoms with Crippen molar-refractivity contribution in [2.45, 2.75) is 56.0 Å².